The van der Waals surface area contributed by atoms with Crippen molar-refractivity contribution in [1.82, 2.24) is 4.40 Å². The van der Waals surface area contributed by atoms with Gasteiger partial charge in [0.05, 0.1) is 17.7 Å². The highest BCUT2D eigenvalue weighted by Crippen LogP contribution is 2.35. The molecule has 0 radical (unpaired) electrons. The van der Waals surface area contributed by atoms with Crippen LogP contribution in [0.15, 0.2) is 79.0 Å². The Bertz CT molecular complexity index is 1110. The molecule has 0 aliphatic rings. The molecule has 0 saturated carbocycles. The smallest absolute Gasteiger partial charge is 0.340 e. The van der Waals surface area contributed by atoms with E-state index in [0.717, 1.165) is 27.9 Å². The summed E-state index contributed by atoms with van der Waals surface area (Å²) in [6.07, 6.45) is 2.67. The Morgan fingerprint density at radius 1 is 0.964 bits per heavy atom. The van der Waals surface area contributed by atoms with Crippen molar-refractivity contribution in [2.24, 2.45) is 0 Å². The van der Waals surface area contributed by atoms with E-state index < -0.39 is 0 Å². The molecular weight excluding hydrogens is 370 g/mol. The average Bonchev–Trinajstić information content (AvgIpc) is 3.05. The predicted octanol–water partition coefficient (Wildman–Crippen LogP) is 6.03. The molecule has 28 heavy (non-hydrogen) atoms. The fourth-order valence-corrected chi connectivity index (χ4v) is 3.70. The van der Waals surface area contributed by atoms with Gasteiger partial charge >= 0.3 is 5.97 Å². The SMILES string of the molecule is CCOC(=O)c1c(-c2ccccc2)c(Cc2ccc(Cl)cc2)n2ccccc12. The van der Waals surface area contributed by atoms with E-state index in [1.807, 2.05) is 85.9 Å². The van der Waals surface area contributed by atoms with Crippen LogP contribution in [-0.2, 0) is 11.2 Å². The second kappa shape index (κ2) is 7.91. The fraction of sp³-hybridized carbons (Fsp3) is 0.125. The van der Waals surface area contributed by atoms with E-state index in [2.05, 4.69) is 4.40 Å². The van der Waals surface area contributed by atoms with E-state index in [1.165, 1.54) is 0 Å². The highest BCUT2D eigenvalue weighted by molar-refractivity contribution is 6.30. The molecule has 140 valence electrons. The van der Waals surface area contributed by atoms with E-state index >= 15 is 0 Å². The number of esters is 1. The molecule has 0 fully saturated rings. The van der Waals surface area contributed by atoms with Gasteiger partial charge in [-0.05, 0) is 42.3 Å². The van der Waals surface area contributed by atoms with E-state index in [-0.39, 0.29) is 5.97 Å². The first-order chi connectivity index (χ1) is 13.7. The van der Waals surface area contributed by atoms with Crippen molar-refractivity contribution < 1.29 is 9.53 Å². The van der Waals surface area contributed by atoms with Crippen LogP contribution in [0.1, 0.15) is 28.5 Å². The molecule has 0 N–H and O–H groups in total. The zero-order chi connectivity index (χ0) is 19.5. The number of nitrogens with zero attached hydrogens (tertiary/aromatic N) is 1. The second-order valence-corrected chi connectivity index (χ2v) is 6.98. The summed E-state index contributed by atoms with van der Waals surface area (Å²) in [7, 11) is 0. The number of rotatable bonds is 5. The molecule has 0 saturated heterocycles. The Morgan fingerprint density at radius 3 is 2.39 bits per heavy atom. The minimum Gasteiger partial charge on any atom is -0.462 e. The summed E-state index contributed by atoms with van der Waals surface area (Å²) in [5.41, 5.74) is 5.55. The van der Waals surface area contributed by atoms with E-state index in [1.54, 1.807) is 0 Å². The molecule has 0 unspecified atom stereocenters. The number of hydrogen-bond donors (Lipinski definition) is 0. The lowest BCUT2D eigenvalue weighted by Crippen LogP contribution is -2.06. The third kappa shape index (κ3) is 3.41. The summed E-state index contributed by atoms with van der Waals surface area (Å²) in [4.78, 5) is 12.9. The number of benzene rings is 2. The van der Waals surface area contributed by atoms with Crippen molar-refractivity contribution in [3.63, 3.8) is 0 Å². The van der Waals surface area contributed by atoms with Gasteiger partial charge in [0.15, 0.2) is 0 Å². The molecule has 0 atom stereocenters. The third-order valence-electron chi connectivity index (χ3n) is 4.77. The number of fused-ring (bicyclic) bond motifs is 1. The van der Waals surface area contributed by atoms with Crippen molar-refractivity contribution in [2.45, 2.75) is 13.3 Å². The number of pyridine rings is 1. The maximum atomic E-state index is 12.9. The van der Waals surface area contributed by atoms with Crippen LogP contribution in [0.2, 0.25) is 5.02 Å². The van der Waals surface area contributed by atoms with Crippen LogP contribution >= 0.6 is 11.6 Å². The Kier molecular flexibility index (Phi) is 5.18. The molecule has 0 spiro atoms. The van der Waals surface area contributed by atoms with Gasteiger partial charge < -0.3 is 9.14 Å². The standard InChI is InChI=1S/C24H20ClNO2/c1-2-28-24(27)23-20-10-6-7-15-26(20)21(16-17-11-13-19(25)14-12-17)22(23)18-8-4-3-5-9-18/h3-15H,2,16H2,1H3. The quantitative estimate of drug-likeness (QED) is 0.390. The summed E-state index contributed by atoms with van der Waals surface area (Å²) < 4.78 is 7.49. The monoisotopic (exact) mass is 389 g/mol. The maximum absolute atomic E-state index is 12.9. The van der Waals surface area contributed by atoms with Crippen molar-refractivity contribution in [1.29, 1.82) is 0 Å². The van der Waals surface area contributed by atoms with Gasteiger partial charge in [-0.3, -0.25) is 0 Å². The van der Waals surface area contributed by atoms with E-state index in [0.29, 0.717) is 23.6 Å². The molecule has 4 aromatic rings. The van der Waals surface area contributed by atoms with Gasteiger partial charge in [0.1, 0.15) is 0 Å². The molecular formula is C24H20ClNO2. The van der Waals surface area contributed by atoms with Crippen LogP contribution in [0.4, 0.5) is 0 Å². The van der Waals surface area contributed by atoms with E-state index in [4.69, 9.17) is 16.3 Å². The lowest BCUT2D eigenvalue weighted by molar-refractivity contribution is 0.0529. The van der Waals surface area contributed by atoms with Crippen LogP contribution in [0.3, 0.4) is 0 Å². The molecule has 0 aliphatic carbocycles. The summed E-state index contributed by atoms with van der Waals surface area (Å²) in [5, 5.41) is 0.708. The first-order valence-corrected chi connectivity index (χ1v) is 9.65. The van der Waals surface area contributed by atoms with Crippen LogP contribution < -0.4 is 0 Å². The topological polar surface area (TPSA) is 30.7 Å². The normalized spacial score (nSPS) is 10.9. The summed E-state index contributed by atoms with van der Waals surface area (Å²) in [6.45, 7) is 2.16. The lowest BCUT2D eigenvalue weighted by Gasteiger charge is -2.09. The maximum Gasteiger partial charge on any atom is 0.340 e. The molecule has 4 rings (SSSR count). The average molecular weight is 390 g/mol. The zero-order valence-corrected chi connectivity index (χ0v) is 16.3. The van der Waals surface area contributed by atoms with Gasteiger partial charge in [0.2, 0.25) is 0 Å². The number of carbonyl (C=O) groups is 1. The predicted molar refractivity (Wildman–Crippen MR) is 113 cm³/mol. The molecule has 2 aromatic heterocycles. The second-order valence-electron chi connectivity index (χ2n) is 6.54. The number of carbonyl (C=O) groups excluding carboxylic acids is 1. The summed E-state index contributed by atoms with van der Waals surface area (Å²) >= 11 is 6.05. The molecule has 0 aliphatic heterocycles. The zero-order valence-electron chi connectivity index (χ0n) is 15.6. The fourth-order valence-electron chi connectivity index (χ4n) is 3.57. The number of halogens is 1. The Balaban J connectivity index is 1.99. The van der Waals surface area contributed by atoms with Gasteiger partial charge in [-0.15, -0.1) is 0 Å². The highest BCUT2D eigenvalue weighted by Gasteiger charge is 2.25. The van der Waals surface area contributed by atoms with Crippen molar-refractivity contribution in [3.8, 4) is 11.1 Å². The van der Waals surface area contributed by atoms with Crippen molar-refractivity contribution in [2.75, 3.05) is 6.61 Å². The van der Waals surface area contributed by atoms with Crippen molar-refractivity contribution >= 4 is 23.1 Å². The van der Waals surface area contributed by atoms with Crippen molar-refractivity contribution in [3.05, 3.63) is 101 Å². The largest absolute Gasteiger partial charge is 0.462 e. The number of ether oxygens (including phenoxy) is 1. The van der Waals surface area contributed by atoms with Crippen LogP contribution in [-0.4, -0.2) is 17.0 Å². The van der Waals surface area contributed by atoms with Crippen LogP contribution in [0.5, 0.6) is 0 Å². The summed E-state index contributed by atoms with van der Waals surface area (Å²) in [5.74, 6) is -0.299. The molecule has 4 heteroatoms. The van der Waals surface area contributed by atoms with Gasteiger partial charge in [-0.1, -0.05) is 60.1 Å². The van der Waals surface area contributed by atoms with Crippen LogP contribution in [0.25, 0.3) is 16.6 Å². The Hall–Kier alpha value is -3.04. The molecule has 3 nitrogen and oxygen atoms in total. The van der Waals surface area contributed by atoms with E-state index in [9.17, 15) is 4.79 Å². The number of hydrogen-bond acceptors (Lipinski definition) is 2. The summed E-state index contributed by atoms with van der Waals surface area (Å²) in [6, 6.07) is 23.7. The first kappa shape index (κ1) is 18.3. The molecule has 2 heterocycles. The van der Waals surface area contributed by atoms with Crippen LogP contribution in [0, 0.1) is 0 Å². The molecule has 0 amide bonds. The van der Waals surface area contributed by atoms with Gasteiger partial charge in [-0.25, -0.2) is 4.79 Å². The lowest BCUT2D eigenvalue weighted by atomic mass is 9.97. The highest BCUT2D eigenvalue weighted by atomic mass is 35.5. The minimum absolute atomic E-state index is 0.299. The number of aromatic nitrogens is 1. The molecule has 2 aromatic carbocycles. The Morgan fingerprint density at radius 2 is 1.68 bits per heavy atom. The third-order valence-corrected chi connectivity index (χ3v) is 5.02. The minimum atomic E-state index is -0.299. The Labute approximate surface area is 169 Å². The van der Waals surface area contributed by atoms with Gasteiger partial charge in [0.25, 0.3) is 0 Å². The molecule has 0 bridgehead atoms. The van der Waals surface area contributed by atoms with Gasteiger partial charge in [-0.2, -0.15) is 0 Å². The first-order valence-electron chi connectivity index (χ1n) is 9.28. The van der Waals surface area contributed by atoms with Gasteiger partial charge in [0, 0.05) is 28.9 Å².